The monoisotopic (exact) mass is 657 g/mol. The molecule has 47 heavy (non-hydrogen) atoms. The van der Waals surface area contributed by atoms with Gasteiger partial charge in [-0.2, -0.15) is 0 Å². The first-order valence-electron chi connectivity index (χ1n) is 16.6. The molecule has 1 aliphatic heterocycles. The summed E-state index contributed by atoms with van der Waals surface area (Å²) in [6.45, 7) is 20.4. The van der Waals surface area contributed by atoms with Gasteiger partial charge in [-0.3, -0.25) is 20.0 Å². The molecule has 2 aromatic rings. The average Bonchev–Trinajstić information content (AvgIpc) is 3.64. The smallest absolute Gasteiger partial charge is 0.251 e. The van der Waals surface area contributed by atoms with Gasteiger partial charge in [0.25, 0.3) is 5.91 Å². The minimum atomic E-state index is -0.321. The number of aromatic nitrogens is 1. The lowest BCUT2D eigenvalue weighted by Crippen LogP contribution is -2.37. The maximum absolute atomic E-state index is 14.3. The third-order valence-electron chi connectivity index (χ3n) is 8.47. The second kappa shape index (κ2) is 17.7. The van der Waals surface area contributed by atoms with Gasteiger partial charge in [0.15, 0.2) is 0 Å². The van der Waals surface area contributed by atoms with Crippen LogP contribution in [0.25, 0.3) is 11.1 Å². The summed E-state index contributed by atoms with van der Waals surface area (Å²) in [6, 6.07) is 7.96. The van der Waals surface area contributed by atoms with Crippen molar-refractivity contribution in [3.05, 3.63) is 112 Å². The number of amides is 1. The third kappa shape index (κ3) is 10.2. The summed E-state index contributed by atoms with van der Waals surface area (Å²) in [6.07, 6.45) is 17.4. The molecular weight excluding hydrogens is 606 g/mol. The molecule has 0 aliphatic carbocycles. The number of rotatable bonds is 16. The highest BCUT2D eigenvalue weighted by Gasteiger charge is 2.25. The summed E-state index contributed by atoms with van der Waals surface area (Å²) in [4.78, 5) is 31.7. The summed E-state index contributed by atoms with van der Waals surface area (Å²) in [5, 5.41) is 2.27. The van der Waals surface area contributed by atoms with E-state index in [1.807, 2.05) is 58.2 Å². The van der Waals surface area contributed by atoms with Crippen LogP contribution >= 0.6 is 11.6 Å². The molecule has 3 N–H and O–H groups in total. The van der Waals surface area contributed by atoms with E-state index in [0.29, 0.717) is 11.6 Å². The highest BCUT2D eigenvalue weighted by molar-refractivity contribution is 6.29. The number of anilines is 1. The lowest BCUT2D eigenvalue weighted by molar-refractivity contribution is -0.125. The average molecular weight is 658 g/mol. The number of carbonyl (C=O) groups is 2. The zero-order valence-electron chi connectivity index (χ0n) is 29.3. The van der Waals surface area contributed by atoms with Gasteiger partial charge in [0, 0.05) is 35.1 Å². The highest BCUT2D eigenvalue weighted by Crippen LogP contribution is 2.31. The molecule has 8 heteroatoms. The number of carbonyl (C=O) groups excluding carboxylic acids is 2. The first-order chi connectivity index (χ1) is 22.4. The zero-order valence-corrected chi connectivity index (χ0v) is 30.1. The van der Waals surface area contributed by atoms with Crippen LogP contribution in [0.15, 0.2) is 84.4 Å². The Balaban J connectivity index is 2.08. The fraction of sp³-hybridized carbons (Fsp3) is 0.385. The SMILES string of the molecule is C=C(/C=C(\C=C/C)c1[nH]c(CC)cc1C)C(CCCC(C)C(C)=O)N(/C=C/CC)C(=O)/C=C(\C)c1cc(C)ccc1N1C=C(Cl)NN1. The fourth-order valence-corrected chi connectivity index (χ4v) is 5.75. The van der Waals surface area contributed by atoms with Crippen LogP contribution in [0.3, 0.4) is 0 Å². The van der Waals surface area contributed by atoms with Gasteiger partial charge in [0.05, 0.1) is 17.9 Å². The normalized spacial score (nSPS) is 15.3. The highest BCUT2D eigenvalue weighted by atomic mass is 35.5. The Labute approximate surface area is 286 Å². The molecule has 1 aliphatic rings. The summed E-state index contributed by atoms with van der Waals surface area (Å²) in [5.41, 5.74) is 14.8. The molecule has 0 fully saturated rings. The number of hydrazine groups is 2. The van der Waals surface area contributed by atoms with Gasteiger partial charge in [0.1, 0.15) is 10.9 Å². The lowest BCUT2D eigenvalue weighted by Gasteiger charge is -2.30. The molecule has 2 unspecified atom stereocenters. The van der Waals surface area contributed by atoms with Gasteiger partial charge in [-0.05, 0) is 107 Å². The van der Waals surface area contributed by atoms with E-state index in [1.54, 1.807) is 29.1 Å². The Kier molecular flexibility index (Phi) is 14.1. The van der Waals surface area contributed by atoms with E-state index in [0.717, 1.165) is 70.5 Å². The number of Topliss-reactive ketones (excluding diaryl/α,β-unsaturated/α-hetero) is 1. The number of benzene rings is 1. The number of halogens is 1. The van der Waals surface area contributed by atoms with Gasteiger partial charge in [-0.15, -0.1) is 5.53 Å². The fourth-order valence-electron chi connectivity index (χ4n) is 5.61. The molecule has 1 amide bonds. The van der Waals surface area contributed by atoms with Crippen LogP contribution < -0.4 is 16.0 Å². The van der Waals surface area contributed by atoms with E-state index in [2.05, 4.69) is 67.6 Å². The molecule has 1 aromatic carbocycles. The van der Waals surface area contributed by atoms with E-state index in [9.17, 15) is 9.59 Å². The van der Waals surface area contributed by atoms with Crippen molar-refractivity contribution in [2.24, 2.45) is 5.92 Å². The van der Waals surface area contributed by atoms with E-state index in [1.165, 1.54) is 5.69 Å². The molecule has 2 atom stereocenters. The molecule has 252 valence electrons. The standard InChI is InChI=1S/C39H52ClN5O2/c1-10-13-20-44(38(47)24-28(6)34-21-26(4)18-19-36(34)45-25-37(40)42-43-45)35(17-14-16-27(5)31(9)46)29(7)22-32(15-11-2)39-30(8)23-33(12-3)41-39/h11,13,15,18-25,27,35,41-43H,7,10,12,14,16-17H2,1-6,8-9H3/b15-11-,20-13+,28-24+,32-22+. The number of aryl methyl sites for hydroxylation is 3. The van der Waals surface area contributed by atoms with Crippen LogP contribution in [-0.2, 0) is 16.0 Å². The Bertz CT molecular complexity index is 1590. The molecule has 2 heterocycles. The number of hydrogen-bond acceptors (Lipinski definition) is 5. The number of ketones is 1. The van der Waals surface area contributed by atoms with Crippen molar-refractivity contribution in [2.45, 2.75) is 93.5 Å². The van der Waals surface area contributed by atoms with E-state index in [-0.39, 0.29) is 23.7 Å². The van der Waals surface area contributed by atoms with Crippen molar-refractivity contribution >= 4 is 40.1 Å². The van der Waals surface area contributed by atoms with E-state index < -0.39 is 0 Å². The zero-order chi connectivity index (χ0) is 34.7. The van der Waals surface area contributed by atoms with Crippen LogP contribution in [0.1, 0.15) is 95.3 Å². The van der Waals surface area contributed by atoms with Crippen LogP contribution in [0.5, 0.6) is 0 Å². The van der Waals surface area contributed by atoms with Gasteiger partial charge in [-0.1, -0.05) is 75.2 Å². The lowest BCUT2D eigenvalue weighted by atomic mass is 9.93. The number of allylic oxidation sites excluding steroid dienone is 5. The van der Waals surface area contributed by atoms with Gasteiger partial charge in [0.2, 0.25) is 0 Å². The maximum atomic E-state index is 14.3. The molecule has 3 rings (SSSR count). The van der Waals surface area contributed by atoms with E-state index >= 15 is 0 Å². The molecule has 7 nitrogen and oxygen atoms in total. The summed E-state index contributed by atoms with van der Waals surface area (Å²) >= 11 is 6.17. The topological polar surface area (TPSA) is 80.5 Å². The first-order valence-corrected chi connectivity index (χ1v) is 17.0. The van der Waals surface area contributed by atoms with Crippen molar-refractivity contribution in [1.29, 1.82) is 0 Å². The largest absolute Gasteiger partial charge is 0.358 e. The van der Waals surface area contributed by atoms with Gasteiger partial charge < -0.3 is 9.88 Å². The molecular formula is C39H52ClN5O2. The Morgan fingerprint density at radius 3 is 2.45 bits per heavy atom. The van der Waals surface area contributed by atoms with E-state index in [4.69, 9.17) is 11.6 Å². The predicted molar refractivity (Wildman–Crippen MR) is 198 cm³/mol. The summed E-state index contributed by atoms with van der Waals surface area (Å²) < 4.78 is 0. The van der Waals surface area contributed by atoms with Crippen LogP contribution in [0.2, 0.25) is 0 Å². The van der Waals surface area contributed by atoms with Crippen LogP contribution in [0, 0.1) is 19.8 Å². The molecule has 1 aromatic heterocycles. The Morgan fingerprint density at radius 1 is 1.11 bits per heavy atom. The van der Waals surface area contributed by atoms with Gasteiger partial charge >= 0.3 is 0 Å². The first kappa shape index (κ1) is 37.4. The second-order valence-electron chi connectivity index (χ2n) is 12.3. The molecule has 0 saturated heterocycles. The molecule has 0 spiro atoms. The number of aromatic amines is 1. The molecule has 0 bridgehead atoms. The van der Waals surface area contributed by atoms with Crippen molar-refractivity contribution < 1.29 is 9.59 Å². The minimum Gasteiger partial charge on any atom is -0.358 e. The van der Waals surface area contributed by atoms with Crippen LogP contribution in [-0.4, -0.2) is 27.6 Å². The summed E-state index contributed by atoms with van der Waals surface area (Å²) in [7, 11) is 0. The predicted octanol–water partition coefficient (Wildman–Crippen LogP) is 9.20. The quantitative estimate of drug-likeness (QED) is 0.0953. The second-order valence-corrected chi connectivity index (χ2v) is 12.7. The van der Waals surface area contributed by atoms with Crippen molar-refractivity contribution in [3.63, 3.8) is 0 Å². The summed E-state index contributed by atoms with van der Waals surface area (Å²) in [5.74, 6) is -0.00733. The number of H-pyrrole nitrogens is 1. The number of nitrogens with one attached hydrogen (secondary N) is 3. The van der Waals surface area contributed by atoms with Gasteiger partial charge in [-0.25, -0.2) is 0 Å². The molecule has 0 radical (unpaired) electrons. The number of hydrogen-bond donors (Lipinski definition) is 3. The molecule has 0 saturated carbocycles. The van der Waals surface area contributed by atoms with Crippen LogP contribution in [0.4, 0.5) is 5.69 Å². The number of nitrogens with zero attached hydrogens (tertiary/aromatic N) is 2. The minimum absolute atomic E-state index is 0.0412. The van der Waals surface area contributed by atoms with Crippen molar-refractivity contribution in [2.75, 3.05) is 5.01 Å². The van der Waals surface area contributed by atoms with Crippen molar-refractivity contribution in [1.82, 2.24) is 20.8 Å². The Morgan fingerprint density at radius 2 is 1.85 bits per heavy atom. The third-order valence-corrected chi connectivity index (χ3v) is 8.66. The van der Waals surface area contributed by atoms with Crippen molar-refractivity contribution in [3.8, 4) is 0 Å². The maximum Gasteiger partial charge on any atom is 0.251 e. The Hall–Kier alpha value is -4.07.